The molecule has 1 aromatic rings. The highest BCUT2D eigenvalue weighted by Gasteiger charge is 2.35. The maximum atomic E-state index is 12.8. The molecule has 1 heterocycles. The molecule has 0 atom stereocenters. The number of nitrogens with one attached hydrogen (secondary N) is 1. The number of phenols is 1. The molecular formula is C13H16ClF3N2O. The lowest BCUT2D eigenvalue weighted by Gasteiger charge is -2.27. The number of nitrogens with zero attached hydrogens (tertiary/aromatic N) is 1. The summed E-state index contributed by atoms with van der Waals surface area (Å²) in [5, 5.41) is 12.4. The number of hydrogen-bond acceptors (Lipinski definition) is 3. The highest BCUT2D eigenvalue weighted by Crippen LogP contribution is 2.40. The van der Waals surface area contributed by atoms with Gasteiger partial charge in [0.25, 0.3) is 0 Å². The largest absolute Gasteiger partial charge is 0.506 e. The van der Waals surface area contributed by atoms with E-state index in [4.69, 9.17) is 11.6 Å². The van der Waals surface area contributed by atoms with E-state index in [1.165, 1.54) is 6.07 Å². The van der Waals surface area contributed by atoms with Gasteiger partial charge in [-0.3, -0.25) is 0 Å². The first-order valence-corrected chi connectivity index (χ1v) is 6.77. The number of halogens is 4. The Hall–Kier alpha value is -0.980. The zero-order valence-electron chi connectivity index (χ0n) is 10.8. The smallest absolute Gasteiger partial charge is 0.420 e. The van der Waals surface area contributed by atoms with Crippen LogP contribution in [0, 0.1) is 0 Å². The lowest BCUT2D eigenvalue weighted by molar-refractivity contribution is -0.138. The van der Waals surface area contributed by atoms with Gasteiger partial charge in [0.05, 0.1) is 10.6 Å². The third-order valence-corrected chi connectivity index (χ3v) is 3.64. The Morgan fingerprint density at radius 3 is 2.50 bits per heavy atom. The molecule has 0 aromatic heterocycles. The summed E-state index contributed by atoms with van der Waals surface area (Å²) in [7, 11) is 0. The van der Waals surface area contributed by atoms with Crippen LogP contribution in [0.25, 0.3) is 0 Å². The van der Waals surface area contributed by atoms with E-state index in [1.54, 1.807) is 0 Å². The molecule has 0 radical (unpaired) electrons. The average molecular weight is 309 g/mol. The first-order valence-electron chi connectivity index (χ1n) is 6.39. The summed E-state index contributed by atoms with van der Waals surface area (Å²) in [6.07, 6.45) is -4.12. The molecule has 1 aromatic carbocycles. The van der Waals surface area contributed by atoms with Crippen LogP contribution in [-0.4, -0.2) is 42.7 Å². The molecule has 0 bridgehead atoms. The SMILES string of the molecule is Oc1c(Cl)cc(CCN2CCNCC2)cc1C(F)(F)F. The van der Waals surface area contributed by atoms with Crippen LogP contribution in [0.15, 0.2) is 12.1 Å². The van der Waals surface area contributed by atoms with Gasteiger partial charge in [-0.15, -0.1) is 0 Å². The van der Waals surface area contributed by atoms with E-state index in [0.29, 0.717) is 18.5 Å². The highest BCUT2D eigenvalue weighted by molar-refractivity contribution is 6.32. The van der Waals surface area contributed by atoms with Gasteiger partial charge in [0.15, 0.2) is 0 Å². The zero-order valence-corrected chi connectivity index (χ0v) is 11.6. The fourth-order valence-corrected chi connectivity index (χ4v) is 2.48. The first kappa shape index (κ1) is 15.4. The van der Waals surface area contributed by atoms with E-state index in [-0.39, 0.29) is 5.02 Å². The highest BCUT2D eigenvalue weighted by atomic mass is 35.5. The van der Waals surface area contributed by atoms with Crippen LogP contribution in [0.4, 0.5) is 13.2 Å². The maximum absolute atomic E-state index is 12.8. The summed E-state index contributed by atoms with van der Waals surface area (Å²) >= 11 is 5.67. The van der Waals surface area contributed by atoms with Crippen molar-refractivity contribution in [2.45, 2.75) is 12.6 Å². The van der Waals surface area contributed by atoms with E-state index in [2.05, 4.69) is 10.2 Å². The number of piperazine rings is 1. The second-order valence-corrected chi connectivity index (χ2v) is 5.22. The molecule has 0 aliphatic carbocycles. The van der Waals surface area contributed by atoms with E-state index >= 15 is 0 Å². The fourth-order valence-electron chi connectivity index (χ4n) is 2.24. The van der Waals surface area contributed by atoms with Gasteiger partial charge in [-0.2, -0.15) is 13.2 Å². The zero-order chi connectivity index (χ0) is 14.8. The first-order chi connectivity index (χ1) is 9.38. The monoisotopic (exact) mass is 308 g/mol. The van der Waals surface area contributed by atoms with Crippen molar-refractivity contribution in [1.29, 1.82) is 0 Å². The van der Waals surface area contributed by atoms with Gasteiger partial charge in [-0.05, 0) is 24.1 Å². The molecule has 0 unspecified atom stereocenters. The molecule has 1 saturated heterocycles. The molecule has 0 spiro atoms. The van der Waals surface area contributed by atoms with Gasteiger partial charge < -0.3 is 15.3 Å². The van der Waals surface area contributed by atoms with E-state index < -0.39 is 17.5 Å². The van der Waals surface area contributed by atoms with Crippen LogP contribution >= 0.6 is 11.6 Å². The van der Waals surface area contributed by atoms with Crippen molar-refractivity contribution in [1.82, 2.24) is 10.2 Å². The summed E-state index contributed by atoms with van der Waals surface area (Å²) in [5.74, 6) is -0.898. The summed E-state index contributed by atoms with van der Waals surface area (Å²) in [4.78, 5) is 2.19. The average Bonchev–Trinajstić information content (AvgIpc) is 2.40. The normalized spacial score (nSPS) is 17.4. The number of hydrogen-bond donors (Lipinski definition) is 2. The predicted molar refractivity (Wildman–Crippen MR) is 71.1 cm³/mol. The molecule has 2 N–H and O–H groups in total. The number of aromatic hydroxyl groups is 1. The third-order valence-electron chi connectivity index (χ3n) is 3.35. The third kappa shape index (κ3) is 3.77. The molecule has 0 saturated carbocycles. The summed E-state index contributed by atoms with van der Waals surface area (Å²) in [6.45, 7) is 4.24. The van der Waals surface area contributed by atoms with Gasteiger partial charge in [0, 0.05) is 32.7 Å². The minimum atomic E-state index is -4.60. The Balaban J connectivity index is 2.10. The van der Waals surface area contributed by atoms with Crippen molar-refractivity contribution < 1.29 is 18.3 Å². The van der Waals surface area contributed by atoms with Crippen LogP contribution in [-0.2, 0) is 12.6 Å². The minimum absolute atomic E-state index is 0.255. The fraction of sp³-hybridized carbons (Fsp3) is 0.538. The molecule has 1 aliphatic heterocycles. The van der Waals surface area contributed by atoms with Crippen LogP contribution < -0.4 is 5.32 Å². The molecule has 3 nitrogen and oxygen atoms in total. The van der Waals surface area contributed by atoms with Gasteiger partial charge >= 0.3 is 6.18 Å². The van der Waals surface area contributed by atoms with Gasteiger partial charge in [0.1, 0.15) is 5.75 Å². The Bertz CT molecular complexity index is 473. The quantitative estimate of drug-likeness (QED) is 0.900. The lowest BCUT2D eigenvalue weighted by Crippen LogP contribution is -2.44. The Labute approximate surface area is 120 Å². The molecule has 1 aliphatic rings. The molecule has 2 rings (SSSR count). The molecular weight excluding hydrogens is 293 g/mol. The van der Waals surface area contributed by atoms with Gasteiger partial charge in [-0.1, -0.05) is 11.6 Å². The van der Waals surface area contributed by atoms with Crippen molar-refractivity contribution >= 4 is 11.6 Å². The number of rotatable bonds is 3. The summed E-state index contributed by atoms with van der Waals surface area (Å²) < 4.78 is 38.3. The molecule has 112 valence electrons. The van der Waals surface area contributed by atoms with Crippen molar-refractivity contribution in [3.8, 4) is 5.75 Å². The van der Waals surface area contributed by atoms with Crippen molar-refractivity contribution in [3.63, 3.8) is 0 Å². The predicted octanol–water partition coefficient (Wildman–Crippen LogP) is 2.51. The van der Waals surface area contributed by atoms with E-state index in [9.17, 15) is 18.3 Å². The standard InChI is InChI=1S/C13H16ClF3N2O/c14-11-8-9(1-4-19-5-2-18-3-6-19)7-10(12(11)20)13(15,16)17/h7-8,18,20H,1-6H2. The topological polar surface area (TPSA) is 35.5 Å². The van der Waals surface area contributed by atoms with Crippen LogP contribution in [0.3, 0.4) is 0 Å². The van der Waals surface area contributed by atoms with Crippen LogP contribution in [0.2, 0.25) is 5.02 Å². The minimum Gasteiger partial charge on any atom is -0.506 e. The Morgan fingerprint density at radius 1 is 1.25 bits per heavy atom. The second-order valence-electron chi connectivity index (χ2n) is 4.81. The van der Waals surface area contributed by atoms with E-state index in [0.717, 1.165) is 32.2 Å². The summed E-state index contributed by atoms with van der Waals surface area (Å²) in [6, 6.07) is 2.37. The number of phenolic OH excluding ortho intramolecular Hbond substituents is 1. The molecule has 20 heavy (non-hydrogen) atoms. The molecule has 7 heteroatoms. The van der Waals surface area contributed by atoms with E-state index in [1.807, 2.05) is 0 Å². The van der Waals surface area contributed by atoms with Gasteiger partial charge in [0.2, 0.25) is 0 Å². The molecule has 0 amide bonds. The molecule has 1 fully saturated rings. The Kier molecular flexibility index (Phi) is 4.78. The number of benzene rings is 1. The van der Waals surface area contributed by atoms with Crippen LogP contribution in [0.1, 0.15) is 11.1 Å². The van der Waals surface area contributed by atoms with Crippen molar-refractivity contribution in [3.05, 3.63) is 28.3 Å². The van der Waals surface area contributed by atoms with Crippen molar-refractivity contribution in [2.75, 3.05) is 32.7 Å². The lowest BCUT2D eigenvalue weighted by atomic mass is 10.1. The summed E-state index contributed by atoms with van der Waals surface area (Å²) in [5.41, 5.74) is -0.584. The maximum Gasteiger partial charge on any atom is 0.420 e. The number of alkyl halides is 3. The Morgan fingerprint density at radius 2 is 1.90 bits per heavy atom. The van der Waals surface area contributed by atoms with Crippen LogP contribution in [0.5, 0.6) is 5.75 Å². The van der Waals surface area contributed by atoms with Crippen molar-refractivity contribution in [2.24, 2.45) is 0 Å². The van der Waals surface area contributed by atoms with Gasteiger partial charge in [-0.25, -0.2) is 0 Å². The second kappa shape index (κ2) is 6.20.